The number of amides is 2. The number of benzene rings is 2. The summed E-state index contributed by atoms with van der Waals surface area (Å²) in [6, 6.07) is 15.1. The van der Waals surface area contributed by atoms with Crippen molar-refractivity contribution in [3.63, 3.8) is 0 Å². The third kappa shape index (κ3) is 3.59. The topological polar surface area (TPSA) is 41.6 Å². The molecule has 3 rings (SSSR count). The molecule has 0 radical (unpaired) electrons. The molecule has 4 nitrogen and oxygen atoms in total. The molecule has 0 spiro atoms. The fourth-order valence-electron chi connectivity index (χ4n) is 2.94. The molecule has 2 aromatic rings. The van der Waals surface area contributed by atoms with Crippen LogP contribution in [0, 0.1) is 0 Å². The van der Waals surface area contributed by atoms with Gasteiger partial charge in [-0.1, -0.05) is 29.8 Å². The van der Waals surface area contributed by atoms with Crippen LogP contribution in [0.25, 0.3) is 0 Å². The van der Waals surface area contributed by atoms with Crippen molar-refractivity contribution in [3.05, 3.63) is 59.1 Å². The number of carbonyl (C=O) groups is 1. The highest BCUT2D eigenvalue weighted by Gasteiger charge is 2.29. The normalized spacial score (nSPS) is 17.1. The number of carbonyl (C=O) groups excluding carboxylic acids is 1. The molecule has 1 saturated heterocycles. The van der Waals surface area contributed by atoms with Gasteiger partial charge in [0.25, 0.3) is 0 Å². The van der Waals surface area contributed by atoms with Gasteiger partial charge in [0.2, 0.25) is 0 Å². The molecule has 2 aromatic carbocycles. The van der Waals surface area contributed by atoms with E-state index in [1.54, 1.807) is 7.11 Å². The molecule has 1 atom stereocenters. The zero-order valence-electron chi connectivity index (χ0n) is 13.0. The number of methoxy groups -OCH3 is 1. The van der Waals surface area contributed by atoms with E-state index in [1.807, 2.05) is 53.4 Å². The van der Waals surface area contributed by atoms with Crippen LogP contribution in [0.15, 0.2) is 48.5 Å². The second-order valence-electron chi connectivity index (χ2n) is 5.57. The molecule has 0 saturated carbocycles. The second-order valence-corrected chi connectivity index (χ2v) is 6.00. The van der Waals surface area contributed by atoms with Gasteiger partial charge in [-0.15, -0.1) is 0 Å². The Morgan fingerprint density at radius 3 is 2.78 bits per heavy atom. The summed E-state index contributed by atoms with van der Waals surface area (Å²) < 4.78 is 5.19. The van der Waals surface area contributed by atoms with E-state index in [0.717, 1.165) is 36.4 Å². The van der Waals surface area contributed by atoms with Gasteiger partial charge in [0.15, 0.2) is 0 Å². The van der Waals surface area contributed by atoms with E-state index < -0.39 is 0 Å². The quantitative estimate of drug-likeness (QED) is 0.884. The Labute approximate surface area is 141 Å². The Hall–Kier alpha value is -2.20. The molecular weight excluding hydrogens is 312 g/mol. The standard InChI is InChI=1S/C18H19ClN2O2/c1-23-16-5-2-4-15(12-16)20-18(22)21-11-3-6-17(21)13-7-9-14(19)10-8-13/h2,4-5,7-10,12,17H,3,6,11H2,1H3,(H,20,22)/t17-/m0/s1. The van der Waals surface area contributed by atoms with Gasteiger partial charge in [-0.05, 0) is 42.7 Å². The van der Waals surface area contributed by atoms with Gasteiger partial charge < -0.3 is 15.0 Å². The molecule has 5 heteroatoms. The van der Waals surface area contributed by atoms with Crippen LogP contribution in [0.3, 0.4) is 0 Å². The average molecular weight is 331 g/mol. The Bertz CT molecular complexity index is 688. The molecule has 2 amide bonds. The van der Waals surface area contributed by atoms with Crippen molar-refractivity contribution >= 4 is 23.3 Å². The highest BCUT2D eigenvalue weighted by molar-refractivity contribution is 6.30. The molecule has 1 N–H and O–H groups in total. The van der Waals surface area contributed by atoms with Crippen LogP contribution in [0.1, 0.15) is 24.4 Å². The Morgan fingerprint density at radius 1 is 1.26 bits per heavy atom. The minimum absolute atomic E-state index is 0.0873. The number of likely N-dealkylation sites (tertiary alicyclic amines) is 1. The Balaban J connectivity index is 1.74. The van der Waals surface area contributed by atoms with Gasteiger partial charge in [0.1, 0.15) is 5.75 Å². The van der Waals surface area contributed by atoms with Crippen LogP contribution in [0.2, 0.25) is 5.02 Å². The first-order valence-electron chi connectivity index (χ1n) is 7.64. The molecule has 0 aromatic heterocycles. The Morgan fingerprint density at radius 2 is 2.04 bits per heavy atom. The van der Waals surface area contributed by atoms with Crippen molar-refractivity contribution in [1.29, 1.82) is 0 Å². The van der Waals surface area contributed by atoms with E-state index in [4.69, 9.17) is 16.3 Å². The first kappa shape index (κ1) is 15.7. The third-order valence-corrected chi connectivity index (χ3v) is 4.34. The molecule has 23 heavy (non-hydrogen) atoms. The summed E-state index contributed by atoms with van der Waals surface area (Å²) in [6.07, 6.45) is 1.96. The van der Waals surface area contributed by atoms with E-state index in [2.05, 4.69) is 5.32 Å². The minimum atomic E-state index is -0.0873. The van der Waals surface area contributed by atoms with Crippen LogP contribution in [0.5, 0.6) is 5.75 Å². The molecule has 1 fully saturated rings. The maximum absolute atomic E-state index is 12.6. The van der Waals surface area contributed by atoms with E-state index in [9.17, 15) is 4.79 Å². The Kier molecular flexibility index (Phi) is 4.72. The summed E-state index contributed by atoms with van der Waals surface area (Å²) >= 11 is 5.95. The summed E-state index contributed by atoms with van der Waals surface area (Å²) in [6.45, 7) is 0.753. The number of nitrogens with zero attached hydrogens (tertiary/aromatic N) is 1. The van der Waals surface area contributed by atoms with Gasteiger partial charge in [0.05, 0.1) is 13.2 Å². The number of halogens is 1. The molecular formula is C18H19ClN2O2. The lowest BCUT2D eigenvalue weighted by molar-refractivity contribution is 0.207. The fourth-order valence-corrected chi connectivity index (χ4v) is 3.06. The molecule has 0 bridgehead atoms. The van der Waals surface area contributed by atoms with Crippen molar-refractivity contribution in [2.24, 2.45) is 0 Å². The summed E-state index contributed by atoms with van der Waals surface area (Å²) in [5, 5.41) is 3.66. The molecule has 1 aliphatic rings. The molecule has 0 aliphatic carbocycles. The van der Waals surface area contributed by atoms with Gasteiger partial charge in [-0.3, -0.25) is 0 Å². The monoisotopic (exact) mass is 330 g/mol. The number of rotatable bonds is 3. The molecule has 1 aliphatic heterocycles. The van der Waals surface area contributed by atoms with Crippen molar-refractivity contribution in [1.82, 2.24) is 4.90 Å². The SMILES string of the molecule is COc1cccc(NC(=O)N2CCC[C@H]2c2ccc(Cl)cc2)c1. The number of nitrogens with one attached hydrogen (secondary N) is 1. The van der Waals surface area contributed by atoms with Gasteiger partial charge in [-0.2, -0.15) is 0 Å². The van der Waals surface area contributed by atoms with Crippen LogP contribution >= 0.6 is 11.6 Å². The van der Waals surface area contributed by atoms with Gasteiger partial charge in [-0.25, -0.2) is 4.79 Å². The van der Waals surface area contributed by atoms with E-state index in [-0.39, 0.29) is 12.1 Å². The number of urea groups is 1. The molecule has 120 valence electrons. The summed E-state index contributed by atoms with van der Waals surface area (Å²) in [4.78, 5) is 14.5. The average Bonchev–Trinajstić information content (AvgIpc) is 3.05. The van der Waals surface area contributed by atoms with Gasteiger partial charge >= 0.3 is 6.03 Å². The van der Waals surface area contributed by atoms with Crippen LogP contribution in [0.4, 0.5) is 10.5 Å². The maximum atomic E-state index is 12.6. The van der Waals surface area contributed by atoms with E-state index >= 15 is 0 Å². The first-order chi connectivity index (χ1) is 11.2. The zero-order valence-corrected chi connectivity index (χ0v) is 13.7. The van der Waals surface area contributed by atoms with Crippen molar-refractivity contribution in [2.45, 2.75) is 18.9 Å². The van der Waals surface area contributed by atoms with Crippen LogP contribution < -0.4 is 10.1 Å². The van der Waals surface area contributed by atoms with Crippen LogP contribution in [-0.4, -0.2) is 24.6 Å². The third-order valence-electron chi connectivity index (χ3n) is 4.09. The van der Waals surface area contributed by atoms with Crippen molar-refractivity contribution in [3.8, 4) is 5.75 Å². The fraction of sp³-hybridized carbons (Fsp3) is 0.278. The summed E-state index contributed by atoms with van der Waals surface area (Å²) in [5.74, 6) is 0.721. The predicted octanol–water partition coefficient (Wildman–Crippen LogP) is 4.72. The van der Waals surface area contributed by atoms with E-state index in [1.165, 1.54) is 0 Å². The molecule has 1 heterocycles. The highest BCUT2D eigenvalue weighted by atomic mass is 35.5. The number of ether oxygens (including phenoxy) is 1. The van der Waals surface area contributed by atoms with E-state index in [0.29, 0.717) is 5.02 Å². The predicted molar refractivity (Wildman–Crippen MR) is 92.1 cm³/mol. The first-order valence-corrected chi connectivity index (χ1v) is 8.02. The number of hydrogen-bond acceptors (Lipinski definition) is 2. The number of anilines is 1. The van der Waals surface area contributed by atoms with Gasteiger partial charge in [0, 0.05) is 23.3 Å². The molecule has 0 unspecified atom stereocenters. The lowest BCUT2D eigenvalue weighted by Crippen LogP contribution is -2.34. The summed E-state index contributed by atoms with van der Waals surface area (Å²) in [5.41, 5.74) is 1.85. The van der Waals surface area contributed by atoms with Crippen molar-refractivity contribution in [2.75, 3.05) is 19.0 Å². The minimum Gasteiger partial charge on any atom is -0.497 e. The lowest BCUT2D eigenvalue weighted by Gasteiger charge is -2.25. The van der Waals surface area contributed by atoms with Crippen molar-refractivity contribution < 1.29 is 9.53 Å². The maximum Gasteiger partial charge on any atom is 0.322 e. The zero-order chi connectivity index (χ0) is 16.2. The largest absolute Gasteiger partial charge is 0.497 e. The lowest BCUT2D eigenvalue weighted by atomic mass is 10.1. The highest BCUT2D eigenvalue weighted by Crippen LogP contribution is 2.33. The van der Waals surface area contributed by atoms with Crippen LogP contribution in [-0.2, 0) is 0 Å². The smallest absolute Gasteiger partial charge is 0.322 e. The second kappa shape index (κ2) is 6.92. The summed E-state index contributed by atoms with van der Waals surface area (Å²) in [7, 11) is 1.61. The number of hydrogen-bond donors (Lipinski definition) is 1.